The van der Waals surface area contributed by atoms with Crippen molar-refractivity contribution in [2.75, 3.05) is 20.3 Å². The van der Waals surface area contributed by atoms with Gasteiger partial charge in [0.25, 0.3) is 0 Å². The molecule has 2 aromatic rings. The number of amides is 2. The van der Waals surface area contributed by atoms with Crippen LogP contribution >= 0.6 is 0 Å². The van der Waals surface area contributed by atoms with Crippen LogP contribution in [-0.4, -0.2) is 71.7 Å². The van der Waals surface area contributed by atoms with Crippen LogP contribution in [-0.2, 0) is 16.1 Å². The number of carbonyl (C=O) groups is 3. The van der Waals surface area contributed by atoms with Crippen molar-refractivity contribution in [3.05, 3.63) is 70.6 Å². The molecule has 4 atom stereocenters. The van der Waals surface area contributed by atoms with Crippen LogP contribution in [0.5, 0.6) is 11.5 Å². The van der Waals surface area contributed by atoms with Gasteiger partial charge in [-0.1, -0.05) is 18.6 Å². The van der Waals surface area contributed by atoms with Crippen molar-refractivity contribution in [1.82, 2.24) is 10.2 Å². The number of carbonyl (C=O) groups excluding carboxylic acids is 3. The van der Waals surface area contributed by atoms with Crippen LogP contribution in [0, 0.1) is 11.7 Å². The van der Waals surface area contributed by atoms with Crippen molar-refractivity contribution >= 4 is 18.1 Å². The standard InChI is InChI=1S/C29H31FN2O7/c1-38-23-12-17(15-34)11-20-24-21(28(36)31-9-10-33)13-22(25(35)27(24)39-26(20)23)32(29(37)18-3-2-4-18)14-16-5-7-19(30)8-6-16/h5-8,11-13,15,18,22,24-25,27,33,35H,2-4,9-10,14H2,1H3,(H,31,36). The summed E-state index contributed by atoms with van der Waals surface area (Å²) in [5.41, 5.74) is 1.75. The van der Waals surface area contributed by atoms with E-state index in [0.29, 0.717) is 28.7 Å². The molecule has 0 spiro atoms. The maximum Gasteiger partial charge on any atom is 0.247 e. The highest BCUT2D eigenvalue weighted by atomic mass is 19.1. The number of methoxy groups -OCH3 is 1. The maximum atomic E-state index is 13.7. The van der Waals surface area contributed by atoms with Gasteiger partial charge in [-0.3, -0.25) is 14.4 Å². The highest BCUT2D eigenvalue weighted by Gasteiger charge is 2.52. The third-order valence-electron chi connectivity index (χ3n) is 7.77. The first kappa shape index (κ1) is 26.8. The number of ether oxygens (including phenoxy) is 2. The van der Waals surface area contributed by atoms with Gasteiger partial charge in [-0.2, -0.15) is 0 Å². The van der Waals surface area contributed by atoms with Crippen molar-refractivity contribution in [2.24, 2.45) is 5.92 Å². The van der Waals surface area contributed by atoms with Gasteiger partial charge in [0.15, 0.2) is 11.5 Å². The van der Waals surface area contributed by atoms with Crippen LogP contribution in [0.4, 0.5) is 4.39 Å². The predicted molar refractivity (Wildman–Crippen MR) is 138 cm³/mol. The summed E-state index contributed by atoms with van der Waals surface area (Å²) in [7, 11) is 1.43. The van der Waals surface area contributed by atoms with Crippen molar-refractivity contribution in [3.8, 4) is 11.5 Å². The Labute approximate surface area is 225 Å². The number of aldehydes is 1. The van der Waals surface area contributed by atoms with Gasteiger partial charge in [-0.15, -0.1) is 0 Å². The fourth-order valence-corrected chi connectivity index (χ4v) is 5.57. The van der Waals surface area contributed by atoms with Gasteiger partial charge in [0.2, 0.25) is 11.8 Å². The number of nitrogens with zero attached hydrogens (tertiary/aromatic N) is 1. The molecule has 1 aliphatic heterocycles. The Balaban J connectivity index is 1.59. The molecule has 1 heterocycles. The number of aliphatic hydroxyl groups is 2. The minimum atomic E-state index is -1.23. The zero-order valence-electron chi connectivity index (χ0n) is 21.5. The molecule has 9 nitrogen and oxygen atoms in total. The summed E-state index contributed by atoms with van der Waals surface area (Å²) in [6.45, 7) is -0.166. The first-order chi connectivity index (χ1) is 18.9. The van der Waals surface area contributed by atoms with E-state index in [1.54, 1.807) is 24.3 Å². The molecule has 0 saturated heterocycles. The number of halogens is 1. The van der Waals surface area contributed by atoms with Crippen LogP contribution in [0.25, 0.3) is 0 Å². The molecule has 0 bridgehead atoms. The molecule has 2 amide bonds. The minimum Gasteiger partial charge on any atom is -0.493 e. The third-order valence-corrected chi connectivity index (χ3v) is 7.77. The van der Waals surface area contributed by atoms with E-state index in [-0.39, 0.29) is 42.8 Å². The monoisotopic (exact) mass is 538 g/mol. The van der Waals surface area contributed by atoms with Gasteiger partial charge in [0, 0.05) is 35.7 Å². The Morgan fingerprint density at radius 3 is 2.59 bits per heavy atom. The molecule has 10 heteroatoms. The summed E-state index contributed by atoms with van der Waals surface area (Å²) in [6, 6.07) is 7.98. The second-order valence-electron chi connectivity index (χ2n) is 10.1. The molecule has 39 heavy (non-hydrogen) atoms. The van der Waals surface area contributed by atoms with E-state index in [9.17, 15) is 29.0 Å². The van der Waals surface area contributed by atoms with Gasteiger partial charge < -0.3 is 29.9 Å². The minimum absolute atomic E-state index is 0.00644. The summed E-state index contributed by atoms with van der Waals surface area (Å²) < 4.78 is 25.2. The summed E-state index contributed by atoms with van der Waals surface area (Å²) >= 11 is 0. The van der Waals surface area contributed by atoms with E-state index in [1.165, 1.54) is 30.2 Å². The van der Waals surface area contributed by atoms with E-state index in [0.717, 1.165) is 19.3 Å². The van der Waals surface area contributed by atoms with E-state index >= 15 is 0 Å². The maximum absolute atomic E-state index is 13.7. The number of aliphatic hydroxyl groups excluding tert-OH is 2. The van der Waals surface area contributed by atoms with Crippen molar-refractivity contribution < 1.29 is 38.5 Å². The van der Waals surface area contributed by atoms with Crippen LogP contribution < -0.4 is 14.8 Å². The number of nitrogens with one attached hydrogen (secondary N) is 1. The Hall–Kier alpha value is -3.76. The van der Waals surface area contributed by atoms with Crippen molar-refractivity contribution in [3.63, 3.8) is 0 Å². The van der Waals surface area contributed by atoms with Crippen molar-refractivity contribution in [1.29, 1.82) is 0 Å². The highest BCUT2D eigenvalue weighted by molar-refractivity contribution is 5.96. The smallest absolute Gasteiger partial charge is 0.247 e. The lowest BCUT2D eigenvalue weighted by Gasteiger charge is -2.42. The lowest BCUT2D eigenvalue weighted by atomic mass is 9.76. The molecular formula is C29H31FN2O7. The summed E-state index contributed by atoms with van der Waals surface area (Å²) in [4.78, 5) is 40.2. The first-order valence-electron chi connectivity index (χ1n) is 13.0. The average molecular weight is 539 g/mol. The number of benzene rings is 2. The van der Waals surface area contributed by atoms with Crippen LogP contribution in [0.3, 0.4) is 0 Å². The summed E-state index contributed by atoms with van der Waals surface area (Å²) in [5, 5.41) is 23.6. The van der Waals surface area contributed by atoms with Gasteiger partial charge in [0.1, 0.15) is 24.3 Å². The van der Waals surface area contributed by atoms with Gasteiger partial charge in [-0.05, 0) is 48.7 Å². The van der Waals surface area contributed by atoms with Crippen LogP contribution in [0.15, 0.2) is 48.0 Å². The highest BCUT2D eigenvalue weighted by Crippen LogP contribution is 2.51. The topological polar surface area (TPSA) is 125 Å². The molecule has 4 unspecified atom stereocenters. The molecule has 1 saturated carbocycles. The normalized spacial score (nSPS) is 23.4. The second kappa shape index (κ2) is 11.2. The lowest BCUT2D eigenvalue weighted by molar-refractivity contribution is -0.145. The fraction of sp³-hybridized carbons (Fsp3) is 0.414. The largest absolute Gasteiger partial charge is 0.493 e. The van der Waals surface area contributed by atoms with Gasteiger partial charge in [-0.25, -0.2) is 4.39 Å². The van der Waals surface area contributed by atoms with Crippen LogP contribution in [0.2, 0.25) is 0 Å². The molecule has 0 radical (unpaired) electrons. The molecule has 1 fully saturated rings. The lowest BCUT2D eigenvalue weighted by Crippen LogP contribution is -2.56. The third kappa shape index (κ3) is 5.02. The SMILES string of the molecule is COc1cc(C=O)cc2c1OC1C2C(C(=O)NCCO)=CC(N(Cc2ccc(F)cc2)C(=O)C2CCC2)C1O. The number of fused-ring (bicyclic) bond motifs is 3. The van der Waals surface area contributed by atoms with E-state index < -0.39 is 35.9 Å². The Morgan fingerprint density at radius 1 is 1.23 bits per heavy atom. The number of hydrogen-bond acceptors (Lipinski definition) is 7. The summed E-state index contributed by atoms with van der Waals surface area (Å²) in [5.74, 6) is -1.39. The fourth-order valence-electron chi connectivity index (χ4n) is 5.57. The van der Waals surface area contributed by atoms with Gasteiger partial charge in [0.05, 0.1) is 25.7 Å². The number of hydrogen-bond donors (Lipinski definition) is 3. The summed E-state index contributed by atoms with van der Waals surface area (Å²) in [6.07, 6.45) is 2.45. The van der Waals surface area contributed by atoms with Crippen molar-refractivity contribution in [2.45, 2.75) is 50.0 Å². The molecule has 3 aliphatic rings. The molecule has 5 rings (SSSR count). The first-order valence-corrected chi connectivity index (χ1v) is 13.0. The molecule has 3 N–H and O–H groups in total. The second-order valence-corrected chi connectivity index (χ2v) is 10.1. The quantitative estimate of drug-likeness (QED) is 0.418. The Bertz CT molecular complexity index is 1290. The average Bonchev–Trinajstić information content (AvgIpc) is 3.30. The molecule has 2 aromatic carbocycles. The molecule has 206 valence electrons. The molecule has 0 aromatic heterocycles. The van der Waals surface area contributed by atoms with E-state index in [4.69, 9.17) is 9.47 Å². The molecular weight excluding hydrogens is 507 g/mol. The zero-order valence-corrected chi connectivity index (χ0v) is 21.5. The van der Waals surface area contributed by atoms with Gasteiger partial charge >= 0.3 is 0 Å². The Kier molecular flexibility index (Phi) is 7.67. The Morgan fingerprint density at radius 2 is 1.97 bits per heavy atom. The zero-order chi connectivity index (χ0) is 27.7. The van der Waals surface area contributed by atoms with E-state index in [1.807, 2.05) is 0 Å². The van der Waals surface area contributed by atoms with E-state index in [2.05, 4.69) is 5.32 Å². The van der Waals surface area contributed by atoms with Crippen LogP contribution in [0.1, 0.15) is 46.7 Å². The molecule has 2 aliphatic carbocycles. The number of rotatable bonds is 9. The predicted octanol–water partition coefficient (Wildman–Crippen LogP) is 2.10.